The van der Waals surface area contributed by atoms with Crippen molar-refractivity contribution in [1.82, 2.24) is 10.2 Å². The molecule has 1 aliphatic heterocycles. The number of phenolic OH excluding ortho intramolecular Hbond substituents is 1. The molecular weight excluding hydrogens is 307 g/mol. The van der Waals surface area contributed by atoms with Crippen LogP contribution < -0.4 is 10.1 Å². The van der Waals surface area contributed by atoms with E-state index in [1.807, 2.05) is 30.3 Å². The Bertz CT molecular complexity index is 645. The summed E-state index contributed by atoms with van der Waals surface area (Å²) in [7, 11) is 0. The SMILES string of the molecule is Oc1cc(OCc2ccccc2)ccc1[C@H](CF)N1CCNCC1. The number of halogens is 1. The van der Waals surface area contributed by atoms with Gasteiger partial charge in [-0.3, -0.25) is 4.90 Å². The largest absolute Gasteiger partial charge is 0.507 e. The number of hydrogen-bond donors (Lipinski definition) is 2. The Morgan fingerprint density at radius 1 is 1.12 bits per heavy atom. The van der Waals surface area contributed by atoms with E-state index in [0.717, 1.165) is 31.7 Å². The molecule has 3 rings (SSSR count). The lowest BCUT2D eigenvalue weighted by Crippen LogP contribution is -2.45. The van der Waals surface area contributed by atoms with Crippen molar-refractivity contribution < 1.29 is 14.2 Å². The summed E-state index contributed by atoms with van der Waals surface area (Å²) in [5.74, 6) is 0.666. The third kappa shape index (κ3) is 4.04. The third-order valence-corrected chi connectivity index (χ3v) is 4.35. The van der Waals surface area contributed by atoms with Crippen LogP contribution >= 0.6 is 0 Å². The first-order valence-corrected chi connectivity index (χ1v) is 8.28. The topological polar surface area (TPSA) is 44.7 Å². The Hall–Kier alpha value is -2.11. The average Bonchev–Trinajstić information content (AvgIpc) is 2.64. The van der Waals surface area contributed by atoms with Crippen molar-refractivity contribution in [2.45, 2.75) is 12.6 Å². The predicted octanol–water partition coefficient (Wildman–Crippen LogP) is 2.89. The van der Waals surface area contributed by atoms with Gasteiger partial charge in [0, 0.05) is 37.8 Å². The van der Waals surface area contributed by atoms with Gasteiger partial charge in [0.05, 0.1) is 6.04 Å². The van der Waals surface area contributed by atoms with E-state index in [1.165, 1.54) is 0 Å². The molecule has 1 atom stereocenters. The predicted molar refractivity (Wildman–Crippen MR) is 92.0 cm³/mol. The maximum Gasteiger partial charge on any atom is 0.124 e. The van der Waals surface area contributed by atoms with Gasteiger partial charge in [0.2, 0.25) is 0 Å². The normalized spacial score (nSPS) is 16.7. The minimum absolute atomic E-state index is 0.0849. The molecule has 2 N–H and O–H groups in total. The van der Waals surface area contributed by atoms with Gasteiger partial charge in [0.15, 0.2) is 0 Å². The molecular formula is C19H23FN2O2. The molecule has 0 amide bonds. The maximum atomic E-state index is 13.6. The summed E-state index contributed by atoms with van der Waals surface area (Å²) in [6.45, 7) is 3.16. The van der Waals surface area contributed by atoms with Gasteiger partial charge < -0.3 is 15.2 Å². The van der Waals surface area contributed by atoms with E-state index in [1.54, 1.807) is 18.2 Å². The van der Waals surface area contributed by atoms with Crippen molar-refractivity contribution in [3.8, 4) is 11.5 Å². The molecule has 0 radical (unpaired) electrons. The molecule has 1 aliphatic rings. The second kappa shape index (κ2) is 8.13. The molecule has 4 nitrogen and oxygen atoms in total. The Kier molecular flexibility index (Phi) is 5.67. The highest BCUT2D eigenvalue weighted by Gasteiger charge is 2.24. The summed E-state index contributed by atoms with van der Waals surface area (Å²) >= 11 is 0. The third-order valence-electron chi connectivity index (χ3n) is 4.35. The second-order valence-electron chi connectivity index (χ2n) is 5.95. The molecule has 0 aliphatic carbocycles. The van der Waals surface area contributed by atoms with E-state index in [0.29, 0.717) is 17.9 Å². The molecule has 0 spiro atoms. The van der Waals surface area contributed by atoms with Crippen LogP contribution in [-0.2, 0) is 6.61 Å². The summed E-state index contributed by atoms with van der Waals surface area (Å²) in [5, 5.41) is 13.6. The second-order valence-corrected chi connectivity index (χ2v) is 5.95. The monoisotopic (exact) mass is 330 g/mol. The molecule has 2 aromatic rings. The van der Waals surface area contributed by atoms with Gasteiger partial charge in [-0.15, -0.1) is 0 Å². The number of nitrogens with zero attached hydrogens (tertiary/aromatic N) is 1. The van der Waals surface area contributed by atoms with Crippen molar-refractivity contribution in [1.29, 1.82) is 0 Å². The summed E-state index contributed by atoms with van der Waals surface area (Å²) in [6, 6.07) is 14.6. The maximum absolute atomic E-state index is 13.6. The first-order chi connectivity index (χ1) is 11.8. The van der Waals surface area contributed by atoms with Gasteiger partial charge >= 0.3 is 0 Å². The molecule has 1 heterocycles. The minimum Gasteiger partial charge on any atom is -0.507 e. The molecule has 5 heteroatoms. The van der Waals surface area contributed by atoms with E-state index in [2.05, 4.69) is 10.2 Å². The number of alkyl halides is 1. The van der Waals surface area contributed by atoms with Crippen molar-refractivity contribution in [2.75, 3.05) is 32.9 Å². The van der Waals surface area contributed by atoms with Crippen molar-refractivity contribution in [3.05, 3.63) is 59.7 Å². The summed E-state index contributed by atoms with van der Waals surface area (Å²) in [6.07, 6.45) is 0. The van der Waals surface area contributed by atoms with E-state index < -0.39 is 12.7 Å². The standard InChI is InChI=1S/C19H23FN2O2/c20-13-18(22-10-8-21-9-11-22)17-7-6-16(12-19(17)23)24-14-15-4-2-1-3-5-15/h1-7,12,18,21,23H,8-11,13-14H2/t18-/m0/s1. The zero-order valence-corrected chi connectivity index (χ0v) is 13.6. The number of piperazine rings is 1. The highest BCUT2D eigenvalue weighted by Crippen LogP contribution is 2.32. The van der Waals surface area contributed by atoms with Gasteiger partial charge in [0.25, 0.3) is 0 Å². The molecule has 128 valence electrons. The van der Waals surface area contributed by atoms with Crippen LogP contribution in [0.1, 0.15) is 17.2 Å². The number of ether oxygens (including phenoxy) is 1. The lowest BCUT2D eigenvalue weighted by molar-refractivity contribution is 0.145. The van der Waals surface area contributed by atoms with Gasteiger partial charge in [-0.25, -0.2) is 4.39 Å². The molecule has 0 aromatic heterocycles. The van der Waals surface area contributed by atoms with E-state index in [4.69, 9.17) is 4.74 Å². The van der Waals surface area contributed by atoms with Crippen LogP contribution in [0.15, 0.2) is 48.5 Å². The number of aromatic hydroxyl groups is 1. The Morgan fingerprint density at radius 2 is 1.88 bits per heavy atom. The summed E-state index contributed by atoms with van der Waals surface area (Å²) in [4.78, 5) is 2.07. The highest BCUT2D eigenvalue weighted by atomic mass is 19.1. The molecule has 0 unspecified atom stereocenters. The van der Waals surface area contributed by atoms with Crippen molar-refractivity contribution >= 4 is 0 Å². The molecule has 1 saturated heterocycles. The van der Waals surface area contributed by atoms with Crippen LogP contribution in [0, 0.1) is 0 Å². The number of nitrogens with one attached hydrogen (secondary N) is 1. The zero-order chi connectivity index (χ0) is 16.8. The number of phenols is 1. The Morgan fingerprint density at radius 3 is 2.54 bits per heavy atom. The fourth-order valence-electron chi connectivity index (χ4n) is 3.01. The molecule has 2 aromatic carbocycles. The zero-order valence-electron chi connectivity index (χ0n) is 13.6. The van der Waals surface area contributed by atoms with Crippen LogP contribution in [0.5, 0.6) is 11.5 Å². The van der Waals surface area contributed by atoms with Crippen LogP contribution in [-0.4, -0.2) is 42.9 Å². The number of rotatable bonds is 6. The average molecular weight is 330 g/mol. The van der Waals surface area contributed by atoms with E-state index in [9.17, 15) is 9.50 Å². The molecule has 0 saturated carbocycles. The van der Waals surface area contributed by atoms with Crippen molar-refractivity contribution in [3.63, 3.8) is 0 Å². The van der Waals surface area contributed by atoms with E-state index >= 15 is 0 Å². The lowest BCUT2D eigenvalue weighted by atomic mass is 10.0. The Labute approximate surface area is 141 Å². The van der Waals surface area contributed by atoms with Crippen LogP contribution in [0.2, 0.25) is 0 Å². The fourth-order valence-corrected chi connectivity index (χ4v) is 3.01. The first-order valence-electron chi connectivity index (χ1n) is 8.28. The number of hydrogen-bond acceptors (Lipinski definition) is 4. The summed E-state index contributed by atoms with van der Waals surface area (Å²) < 4.78 is 19.3. The van der Waals surface area contributed by atoms with E-state index in [-0.39, 0.29) is 5.75 Å². The first kappa shape index (κ1) is 16.7. The van der Waals surface area contributed by atoms with Crippen LogP contribution in [0.3, 0.4) is 0 Å². The molecule has 1 fully saturated rings. The summed E-state index contributed by atoms with van der Waals surface area (Å²) in [5.41, 5.74) is 1.68. The van der Waals surface area contributed by atoms with Gasteiger partial charge in [-0.2, -0.15) is 0 Å². The smallest absolute Gasteiger partial charge is 0.124 e. The highest BCUT2D eigenvalue weighted by molar-refractivity contribution is 5.41. The Balaban J connectivity index is 1.69. The minimum atomic E-state index is -0.516. The fraction of sp³-hybridized carbons (Fsp3) is 0.368. The van der Waals surface area contributed by atoms with Gasteiger partial charge in [0.1, 0.15) is 24.8 Å². The molecule has 0 bridgehead atoms. The number of benzene rings is 2. The van der Waals surface area contributed by atoms with Crippen molar-refractivity contribution in [2.24, 2.45) is 0 Å². The van der Waals surface area contributed by atoms with Gasteiger partial charge in [-0.1, -0.05) is 30.3 Å². The van der Waals surface area contributed by atoms with Gasteiger partial charge in [-0.05, 0) is 17.7 Å². The quantitative estimate of drug-likeness (QED) is 0.855. The van der Waals surface area contributed by atoms with Crippen LogP contribution in [0.4, 0.5) is 4.39 Å². The lowest BCUT2D eigenvalue weighted by Gasteiger charge is -2.33. The molecule has 24 heavy (non-hydrogen) atoms. The van der Waals surface area contributed by atoms with Crippen LogP contribution in [0.25, 0.3) is 0 Å².